The van der Waals surface area contributed by atoms with Crippen molar-refractivity contribution in [1.82, 2.24) is 10.2 Å². The summed E-state index contributed by atoms with van der Waals surface area (Å²) >= 11 is 0. The molecule has 0 saturated carbocycles. The highest BCUT2D eigenvalue weighted by molar-refractivity contribution is 5.95. The number of nitrogens with zero attached hydrogens (tertiary/aromatic N) is 1. The smallest absolute Gasteiger partial charge is 0.251 e. The Morgan fingerprint density at radius 3 is 2.30 bits per heavy atom. The lowest BCUT2D eigenvalue weighted by atomic mass is 10.0. The van der Waals surface area contributed by atoms with Crippen molar-refractivity contribution in [3.05, 3.63) is 65.7 Å². The Hall–Kier alpha value is -2.66. The van der Waals surface area contributed by atoms with E-state index >= 15 is 0 Å². The van der Waals surface area contributed by atoms with Gasteiger partial charge in [0.15, 0.2) is 0 Å². The van der Waals surface area contributed by atoms with E-state index in [9.17, 15) is 9.59 Å². The maximum Gasteiger partial charge on any atom is 0.251 e. The number of nitrogens with one attached hydrogen (secondary N) is 2. The molecule has 1 atom stereocenters. The molecule has 0 radical (unpaired) electrons. The zero-order valence-corrected chi connectivity index (χ0v) is 15.8. The van der Waals surface area contributed by atoms with E-state index in [2.05, 4.69) is 39.8 Å². The molecule has 1 saturated heterocycles. The van der Waals surface area contributed by atoms with Gasteiger partial charge in [0.2, 0.25) is 5.91 Å². The quantitative estimate of drug-likeness (QED) is 0.793. The summed E-state index contributed by atoms with van der Waals surface area (Å²) in [5, 5.41) is 5.80. The van der Waals surface area contributed by atoms with Crippen molar-refractivity contribution in [2.45, 2.75) is 32.2 Å². The van der Waals surface area contributed by atoms with Crippen molar-refractivity contribution in [3.63, 3.8) is 0 Å². The maximum atomic E-state index is 12.5. The van der Waals surface area contributed by atoms with Crippen LogP contribution in [0.25, 0.3) is 0 Å². The maximum absolute atomic E-state index is 12.5. The van der Waals surface area contributed by atoms with Crippen LogP contribution >= 0.6 is 0 Å². The first kappa shape index (κ1) is 19.1. The van der Waals surface area contributed by atoms with Crippen LogP contribution in [0.15, 0.2) is 54.6 Å². The van der Waals surface area contributed by atoms with Crippen LogP contribution in [0.3, 0.4) is 0 Å². The number of amides is 2. The zero-order chi connectivity index (χ0) is 19.1. The van der Waals surface area contributed by atoms with Crippen LogP contribution in [0.4, 0.5) is 5.69 Å². The van der Waals surface area contributed by atoms with Gasteiger partial charge in [0.05, 0.1) is 0 Å². The Kier molecular flexibility index (Phi) is 6.60. The molecule has 0 aromatic heterocycles. The molecule has 0 aliphatic carbocycles. The van der Waals surface area contributed by atoms with E-state index in [1.165, 1.54) is 25.3 Å². The Morgan fingerprint density at radius 1 is 1.00 bits per heavy atom. The third-order valence-electron chi connectivity index (χ3n) is 4.94. The molecule has 27 heavy (non-hydrogen) atoms. The molecule has 1 fully saturated rings. The van der Waals surface area contributed by atoms with E-state index < -0.39 is 0 Å². The molecule has 2 amide bonds. The van der Waals surface area contributed by atoms with Crippen LogP contribution in [-0.4, -0.2) is 42.4 Å². The van der Waals surface area contributed by atoms with Gasteiger partial charge in [-0.2, -0.15) is 0 Å². The molecule has 0 spiro atoms. The molecule has 1 aliphatic heterocycles. The van der Waals surface area contributed by atoms with E-state index in [0.29, 0.717) is 23.8 Å². The summed E-state index contributed by atoms with van der Waals surface area (Å²) in [6.07, 6.45) is 3.39. The van der Waals surface area contributed by atoms with Gasteiger partial charge >= 0.3 is 0 Å². The highest BCUT2D eigenvalue weighted by Crippen LogP contribution is 2.16. The zero-order valence-electron chi connectivity index (χ0n) is 15.8. The van der Waals surface area contributed by atoms with Gasteiger partial charge in [0.1, 0.15) is 0 Å². The van der Waals surface area contributed by atoms with Gasteiger partial charge in [-0.25, -0.2) is 0 Å². The largest absolute Gasteiger partial charge is 0.350 e. The van der Waals surface area contributed by atoms with Crippen LogP contribution in [0.1, 0.15) is 35.7 Å². The molecule has 5 heteroatoms. The van der Waals surface area contributed by atoms with E-state index in [-0.39, 0.29) is 11.8 Å². The standard InChI is InChI=1S/C22H27N3O2/c1-17(26)24-20-11-9-19(10-12-20)22(27)23-16-21(25-13-5-6-14-25)15-18-7-3-2-4-8-18/h2-4,7-12,21H,5-6,13-16H2,1H3,(H,23,27)(H,24,26). The average molecular weight is 365 g/mol. The minimum absolute atomic E-state index is 0.0818. The van der Waals surface area contributed by atoms with Gasteiger partial charge in [0.25, 0.3) is 5.91 Å². The SMILES string of the molecule is CC(=O)Nc1ccc(C(=O)NCC(Cc2ccccc2)N2CCCC2)cc1. The van der Waals surface area contributed by atoms with Gasteiger partial charge in [-0.1, -0.05) is 30.3 Å². The van der Waals surface area contributed by atoms with E-state index in [0.717, 1.165) is 19.5 Å². The molecule has 5 nitrogen and oxygen atoms in total. The third-order valence-corrected chi connectivity index (χ3v) is 4.94. The summed E-state index contributed by atoms with van der Waals surface area (Å²) in [6, 6.07) is 17.7. The van der Waals surface area contributed by atoms with Gasteiger partial charge in [-0.15, -0.1) is 0 Å². The first-order valence-electron chi connectivity index (χ1n) is 9.55. The second-order valence-corrected chi connectivity index (χ2v) is 7.06. The predicted octanol–water partition coefficient (Wildman–Crippen LogP) is 3.08. The van der Waals surface area contributed by atoms with E-state index in [1.807, 2.05) is 6.07 Å². The minimum Gasteiger partial charge on any atom is -0.350 e. The number of anilines is 1. The van der Waals surface area contributed by atoms with Crippen molar-refractivity contribution in [2.24, 2.45) is 0 Å². The lowest BCUT2D eigenvalue weighted by Crippen LogP contribution is -2.44. The second-order valence-electron chi connectivity index (χ2n) is 7.06. The highest BCUT2D eigenvalue weighted by atomic mass is 16.2. The second kappa shape index (κ2) is 9.33. The van der Waals surface area contributed by atoms with Gasteiger partial charge in [0, 0.05) is 30.8 Å². The van der Waals surface area contributed by atoms with Crippen molar-refractivity contribution in [3.8, 4) is 0 Å². The van der Waals surface area contributed by atoms with E-state index in [1.54, 1.807) is 24.3 Å². The summed E-state index contributed by atoms with van der Waals surface area (Å²) in [7, 11) is 0. The molecule has 1 heterocycles. The number of rotatable bonds is 7. The molecule has 2 aromatic carbocycles. The summed E-state index contributed by atoms with van der Waals surface area (Å²) in [5.41, 5.74) is 2.59. The Balaban J connectivity index is 1.60. The molecule has 2 aromatic rings. The number of carbonyl (C=O) groups is 2. The van der Waals surface area contributed by atoms with Crippen LogP contribution in [0.2, 0.25) is 0 Å². The summed E-state index contributed by atoms with van der Waals surface area (Å²) in [5.74, 6) is -0.205. The fraction of sp³-hybridized carbons (Fsp3) is 0.364. The van der Waals surface area contributed by atoms with Crippen molar-refractivity contribution >= 4 is 17.5 Å². The number of carbonyl (C=O) groups excluding carboxylic acids is 2. The Labute approximate surface area is 160 Å². The van der Waals surface area contributed by atoms with Crippen molar-refractivity contribution in [2.75, 3.05) is 25.0 Å². The van der Waals surface area contributed by atoms with Gasteiger partial charge in [-0.3, -0.25) is 14.5 Å². The molecule has 1 unspecified atom stereocenters. The summed E-state index contributed by atoms with van der Waals surface area (Å²) in [4.78, 5) is 26.1. The van der Waals surface area contributed by atoms with Gasteiger partial charge in [-0.05, 0) is 62.2 Å². The molecule has 2 N–H and O–H groups in total. The molecular formula is C22H27N3O2. The third kappa shape index (κ3) is 5.66. The van der Waals surface area contributed by atoms with Crippen LogP contribution in [0, 0.1) is 0 Å². The normalized spacial score (nSPS) is 15.3. The first-order valence-corrected chi connectivity index (χ1v) is 9.55. The number of hydrogen-bond acceptors (Lipinski definition) is 3. The monoisotopic (exact) mass is 365 g/mol. The van der Waals surface area contributed by atoms with Crippen LogP contribution in [0.5, 0.6) is 0 Å². The van der Waals surface area contributed by atoms with E-state index in [4.69, 9.17) is 0 Å². The van der Waals surface area contributed by atoms with Crippen LogP contribution < -0.4 is 10.6 Å². The topological polar surface area (TPSA) is 61.4 Å². The fourth-order valence-corrected chi connectivity index (χ4v) is 3.54. The molecule has 3 rings (SSSR count). The molecule has 142 valence electrons. The first-order chi connectivity index (χ1) is 13.1. The minimum atomic E-state index is -0.124. The van der Waals surface area contributed by atoms with Crippen molar-refractivity contribution in [1.29, 1.82) is 0 Å². The van der Waals surface area contributed by atoms with Crippen molar-refractivity contribution < 1.29 is 9.59 Å². The number of likely N-dealkylation sites (tertiary alicyclic amines) is 1. The molecule has 1 aliphatic rings. The summed E-state index contributed by atoms with van der Waals surface area (Å²) < 4.78 is 0. The summed E-state index contributed by atoms with van der Waals surface area (Å²) in [6.45, 7) is 4.28. The predicted molar refractivity (Wildman–Crippen MR) is 108 cm³/mol. The average Bonchev–Trinajstić information content (AvgIpc) is 3.20. The number of benzene rings is 2. The molecular weight excluding hydrogens is 338 g/mol. The lowest BCUT2D eigenvalue weighted by Gasteiger charge is -2.28. The van der Waals surface area contributed by atoms with Gasteiger partial charge < -0.3 is 10.6 Å². The lowest BCUT2D eigenvalue weighted by molar-refractivity contribution is -0.114. The Bertz CT molecular complexity index is 753. The number of hydrogen-bond donors (Lipinski definition) is 2. The fourth-order valence-electron chi connectivity index (χ4n) is 3.54. The van der Waals surface area contributed by atoms with Crippen LogP contribution in [-0.2, 0) is 11.2 Å². The molecule has 0 bridgehead atoms. The highest BCUT2D eigenvalue weighted by Gasteiger charge is 2.22. The Morgan fingerprint density at radius 2 is 1.67 bits per heavy atom.